The first-order chi connectivity index (χ1) is 12.0. The number of carboxylic acid groups (broad SMARTS) is 1. The molecule has 1 aromatic heterocycles. The highest BCUT2D eigenvalue weighted by atomic mass is 32.2. The van der Waals surface area contributed by atoms with Crippen molar-refractivity contribution in [3.05, 3.63) is 29.8 Å². The van der Waals surface area contributed by atoms with E-state index < -0.39 is 11.4 Å². The average Bonchev–Trinajstić information content (AvgIpc) is 3.02. The summed E-state index contributed by atoms with van der Waals surface area (Å²) in [7, 11) is 0. The molecule has 0 saturated carbocycles. The van der Waals surface area contributed by atoms with Crippen LogP contribution in [0.25, 0.3) is 10.9 Å². The Morgan fingerprint density at radius 3 is 3.00 bits per heavy atom. The van der Waals surface area contributed by atoms with E-state index in [4.69, 9.17) is 9.72 Å². The number of hydrogen-bond acceptors (Lipinski definition) is 5. The molecule has 6 heteroatoms. The minimum atomic E-state index is -0.704. The third-order valence-corrected chi connectivity index (χ3v) is 6.39. The first kappa shape index (κ1) is 16.7. The zero-order chi connectivity index (χ0) is 17.6. The maximum absolute atomic E-state index is 12.0. The number of ether oxygens (including phenoxy) is 1. The van der Waals surface area contributed by atoms with Crippen molar-refractivity contribution in [3.63, 3.8) is 0 Å². The summed E-state index contributed by atoms with van der Waals surface area (Å²) in [4.78, 5) is 20.2. The van der Waals surface area contributed by atoms with Gasteiger partial charge in [0.1, 0.15) is 5.82 Å². The van der Waals surface area contributed by atoms with Gasteiger partial charge >= 0.3 is 5.97 Å². The van der Waals surface area contributed by atoms with Crippen LogP contribution in [-0.2, 0) is 9.53 Å². The van der Waals surface area contributed by atoms with E-state index in [0.29, 0.717) is 32.7 Å². The zero-order valence-corrected chi connectivity index (χ0v) is 15.3. The number of carbonyl (C=O) groups is 1. The van der Waals surface area contributed by atoms with Crippen LogP contribution in [0.4, 0.5) is 5.82 Å². The van der Waals surface area contributed by atoms with Crippen LogP contribution in [0.5, 0.6) is 0 Å². The Morgan fingerprint density at radius 1 is 1.44 bits per heavy atom. The molecule has 2 saturated heterocycles. The Kier molecular flexibility index (Phi) is 4.12. The number of hydrogen-bond donors (Lipinski definition) is 1. The Labute approximate surface area is 151 Å². The monoisotopic (exact) mass is 358 g/mol. The Hall–Kier alpha value is -1.79. The summed E-state index contributed by atoms with van der Waals surface area (Å²) in [5, 5.41) is 11.0. The molecule has 0 radical (unpaired) electrons. The van der Waals surface area contributed by atoms with E-state index in [1.165, 1.54) is 10.5 Å². The largest absolute Gasteiger partial charge is 0.481 e. The van der Waals surface area contributed by atoms with Crippen molar-refractivity contribution in [3.8, 4) is 0 Å². The summed E-state index contributed by atoms with van der Waals surface area (Å²) in [5.41, 5.74) is 1.43. The van der Waals surface area contributed by atoms with Crippen LogP contribution in [0.3, 0.4) is 0 Å². The highest BCUT2D eigenvalue weighted by Gasteiger charge is 2.54. The number of nitrogens with zero attached hydrogens (tertiary/aromatic N) is 2. The van der Waals surface area contributed by atoms with Gasteiger partial charge in [-0.15, -0.1) is 11.8 Å². The Morgan fingerprint density at radius 2 is 2.28 bits per heavy atom. The van der Waals surface area contributed by atoms with Crippen LogP contribution < -0.4 is 4.90 Å². The molecule has 2 aliphatic heterocycles. The van der Waals surface area contributed by atoms with Gasteiger partial charge in [0.2, 0.25) is 0 Å². The van der Waals surface area contributed by atoms with Gasteiger partial charge in [-0.3, -0.25) is 4.79 Å². The molecule has 2 aromatic rings. The molecule has 132 valence electrons. The minimum Gasteiger partial charge on any atom is -0.481 e. The predicted molar refractivity (Wildman–Crippen MR) is 99.5 cm³/mol. The molecule has 25 heavy (non-hydrogen) atoms. The van der Waals surface area contributed by atoms with E-state index in [1.807, 2.05) is 0 Å². The molecule has 0 aliphatic carbocycles. The lowest BCUT2D eigenvalue weighted by Crippen LogP contribution is -2.44. The maximum atomic E-state index is 12.0. The van der Waals surface area contributed by atoms with Gasteiger partial charge in [0.15, 0.2) is 0 Å². The standard InChI is InChI=1S/C19H22N2O3S/c1-12-7-17(20-16-8-14(25-2)3-4-15(12)16)21-9-13-10-24-6-5-19(13,11-21)18(22)23/h3-4,7-8,13H,5-6,9-11H2,1-2H3,(H,22,23)/t13-,19+/m1/s1. The smallest absolute Gasteiger partial charge is 0.311 e. The van der Waals surface area contributed by atoms with Gasteiger partial charge in [0, 0.05) is 35.9 Å². The number of thioether (sulfide) groups is 1. The van der Waals surface area contributed by atoms with Gasteiger partial charge in [-0.2, -0.15) is 0 Å². The van der Waals surface area contributed by atoms with E-state index >= 15 is 0 Å². The summed E-state index contributed by atoms with van der Waals surface area (Å²) in [6.45, 7) is 4.33. The fourth-order valence-corrected chi connectivity index (χ4v) is 4.56. The van der Waals surface area contributed by atoms with E-state index in [1.54, 1.807) is 11.8 Å². The molecule has 0 spiro atoms. The van der Waals surface area contributed by atoms with Gasteiger partial charge in [-0.05, 0) is 43.4 Å². The van der Waals surface area contributed by atoms with E-state index in [0.717, 1.165) is 16.7 Å². The third-order valence-electron chi connectivity index (χ3n) is 5.67. The molecule has 2 atom stereocenters. The lowest BCUT2D eigenvalue weighted by Gasteiger charge is -2.33. The van der Waals surface area contributed by atoms with Crippen LogP contribution in [0.2, 0.25) is 0 Å². The number of aryl methyl sites for hydroxylation is 1. The number of rotatable bonds is 3. The minimum absolute atomic E-state index is 0.0223. The van der Waals surface area contributed by atoms with Crippen LogP contribution in [0.1, 0.15) is 12.0 Å². The van der Waals surface area contributed by atoms with E-state index in [2.05, 4.69) is 42.3 Å². The van der Waals surface area contributed by atoms with Crippen LogP contribution in [0, 0.1) is 18.3 Å². The van der Waals surface area contributed by atoms with Gasteiger partial charge in [0.05, 0.1) is 17.5 Å². The van der Waals surface area contributed by atoms with Crippen LogP contribution in [-0.4, -0.2) is 48.6 Å². The summed E-state index contributed by atoms with van der Waals surface area (Å²) in [6, 6.07) is 8.41. The van der Waals surface area contributed by atoms with Crippen molar-refractivity contribution in [1.82, 2.24) is 4.98 Å². The second-order valence-corrected chi connectivity index (χ2v) is 7.92. The van der Waals surface area contributed by atoms with Crippen molar-refractivity contribution < 1.29 is 14.6 Å². The molecule has 2 aliphatic rings. The first-order valence-electron chi connectivity index (χ1n) is 8.55. The van der Waals surface area contributed by atoms with Crippen LogP contribution >= 0.6 is 11.8 Å². The molecule has 5 nitrogen and oxygen atoms in total. The summed E-state index contributed by atoms with van der Waals surface area (Å²) < 4.78 is 5.55. The lowest BCUT2D eigenvalue weighted by molar-refractivity contribution is -0.157. The second-order valence-electron chi connectivity index (χ2n) is 7.04. The Bertz CT molecular complexity index is 841. The molecular weight excluding hydrogens is 336 g/mol. The number of benzene rings is 1. The van der Waals surface area contributed by atoms with Crippen molar-refractivity contribution in [2.45, 2.75) is 18.2 Å². The number of pyridine rings is 1. The highest BCUT2D eigenvalue weighted by molar-refractivity contribution is 7.98. The molecule has 0 bridgehead atoms. The van der Waals surface area contributed by atoms with E-state index in [9.17, 15) is 9.90 Å². The quantitative estimate of drug-likeness (QED) is 0.850. The summed E-state index contributed by atoms with van der Waals surface area (Å²) in [6.07, 6.45) is 2.63. The normalized spacial score (nSPS) is 26.0. The molecule has 3 heterocycles. The fourth-order valence-electron chi connectivity index (χ4n) is 4.13. The van der Waals surface area contributed by atoms with Gasteiger partial charge in [-0.1, -0.05) is 6.07 Å². The van der Waals surface area contributed by atoms with Gasteiger partial charge < -0.3 is 14.7 Å². The molecular formula is C19H22N2O3S. The first-order valence-corrected chi connectivity index (χ1v) is 9.77. The molecule has 2 fully saturated rings. The van der Waals surface area contributed by atoms with Gasteiger partial charge in [0.25, 0.3) is 0 Å². The Balaban J connectivity index is 1.73. The average molecular weight is 358 g/mol. The van der Waals surface area contributed by atoms with Crippen molar-refractivity contribution >= 4 is 34.5 Å². The van der Waals surface area contributed by atoms with E-state index in [-0.39, 0.29) is 5.92 Å². The number of anilines is 1. The summed E-state index contributed by atoms with van der Waals surface area (Å²) in [5.74, 6) is 0.192. The molecule has 1 N–H and O–H groups in total. The lowest BCUT2D eigenvalue weighted by atomic mass is 9.74. The second kappa shape index (κ2) is 6.18. The SMILES string of the molecule is CSc1ccc2c(C)cc(N3C[C@@H]4COCC[C@]4(C(=O)O)C3)nc2c1. The number of aliphatic carboxylic acids is 1. The topological polar surface area (TPSA) is 62.7 Å². The molecule has 4 rings (SSSR count). The predicted octanol–water partition coefficient (Wildman–Crippen LogP) is 3.19. The molecule has 0 amide bonds. The third kappa shape index (κ3) is 2.68. The number of carboxylic acids is 1. The molecule has 1 aromatic carbocycles. The number of aromatic nitrogens is 1. The van der Waals surface area contributed by atoms with Crippen molar-refractivity contribution in [1.29, 1.82) is 0 Å². The van der Waals surface area contributed by atoms with Crippen molar-refractivity contribution in [2.75, 3.05) is 37.5 Å². The molecule has 0 unspecified atom stereocenters. The number of fused-ring (bicyclic) bond motifs is 2. The maximum Gasteiger partial charge on any atom is 0.311 e. The fraction of sp³-hybridized carbons (Fsp3) is 0.474. The van der Waals surface area contributed by atoms with Gasteiger partial charge in [-0.25, -0.2) is 4.98 Å². The zero-order valence-electron chi connectivity index (χ0n) is 14.5. The van der Waals surface area contributed by atoms with Crippen molar-refractivity contribution in [2.24, 2.45) is 11.3 Å². The summed E-state index contributed by atoms with van der Waals surface area (Å²) >= 11 is 1.70. The van der Waals surface area contributed by atoms with Crippen LogP contribution in [0.15, 0.2) is 29.2 Å². The highest BCUT2D eigenvalue weighted by Crippen LogP contribution is 2.44.